The third-order valence-corrected chi connectivity index (χ3v) is 4.13. The van der Waals surface area contributed by atoms with Crippen LogP contribution in [0.25, 0.3) is 0 Å². The number of nitrogens with two attached hydrogens (primary N) is 1. The summed E-state index contributed by atoms with van der Waals surface area (Å²) in [5.74, 6) is -0.407. The number of benzene rings is 1. The minimum absolute atomic E-state index is 0.0279. The molecule has 7 heteroatoms. The van der Waals surface area contributed by atoms with Gasteiger partial charge in [0, 0.05) is 23.6 Å². The van der Waals surface area contributed by atoms with Crippen LogP contribution < -0.4 is 5.73 Å². The average Bonchev–Trinajstić information content (AvgIpc) is 2.85. The Hall–Kier alpha value is -1.08. The Labute approximate surface area is 123 Å². The lowest BCUT2D eigenvalue weighted by Gasteiger charge is -2.24. The van der Waals surface area contributed by atoms with Gasteiger partial charge in [0.25, 0.3) is 5.91 Å². The van der Waals surface area contributed by atoms with Gasteiger partial charge in [0.15, 0.2) is 0 Å². The highest BCUT2D eigenvalue weighted by Crippen LogP contribution is 2.33. The molecule has 1 saturated heterocycles. The van der Waals surface area contributed by atoms with Gasteiger partial charge in [-0.1, -0.05) is 0 Å². The van der Waals surface area contributed by atoms with E-state index < -0.39 is 17.6 Å². The first-order valence-electron chi connectivity index (χ1n) is 6.22. The fourth-order valence-corrected chi connectivity index (χ4v) is 2.78. The molecule has 1 aliphatic heterocycles. The van der Waals surface area contributed by atoms with E-state index in [4.69, 9.17) is 5.73 Å². The number of likely N-dealkylation sites (tertiary alicyclic amines) is 1. The highest BCUT2D eigenvalue weighted by molar-refractivity contribution is 9.10. The maximum absolute atomic E-state index is 12.7. The van der Waals surface area contributed by atoms with Crippen LogP contribution in [0.3, 0.4) is 0 Å². The van der Waals surface area contributed by atoms with Gasteiger partial charge in [0.05, 0.1) is 11.1 Å². The Bertz CT molecular complexity index is 519. The van der Waals surface area contributed by atoms with E-state index in [0.717, 1.165) is 25.0 Å². The summed E-state index contributed by atoms with van der Waals surface area (Å²) in [4.78, 5) is 13.9. The second-order valence-corrected chi connectivity index (χ2v) is 5.58. The van der Waals surface area contributed by atoms with Crippen molar-refractivity contribution in [2.45, 2.75) is 25.1 Å². The molecule has 20 heavy (non-hydrogen) atoms. The zero-order chi connectivity index (χ0) is 14.9. The number of halogens is 4. The van der Waals surface area contributed by atoms with E-state index in [1.165, 1.54) is 6.07 Å². The van der Waals surface area contributed by atoms with Crippen molar-refractivity contribution in [2.75, 3.05) is 13.1 Å². The fourth-order valence-electron chi connectivity index (χ4n) is 2.37. The molecular formula is C13H14BrF3N2O. The van der Waals surface area contributed by atoms with Crippen molar-refractivity contribution < 1.29 is 18.0 Å². The summed E-state index contributed by atoms with van der Waals surface area (Å²) in [6.45, 7) is 0.853. The molecule has 1 heterocycles. The standard InChI is InChI=1S/C13H14BrF3N2O/c14-11-4-3-8(13(15,16)17)6-10(11)12(20)19-5-1-2-9(19)7-18/h3-4,6,9H,1-2,5,7,18H2. The summed E-state index contributed by atoms with van der Waals surface area (Å²) >= 11 is 3.14. The van der Waals surface area contributed by atoms with Crippen molar-refractivity contribution in [2.24, 2.45) is 5.73 Å². The van der Waals surface area contributed by atoms with Gasteiger partial charge in [-0.2, -0.15) is 13.2 Å². The Balaban J connectivity index is 2.34. The second kappa shape index (κ2) is 5.73. The van der Waals surface area contributed by atoms with E-state index in [9.17, 15) is 18.0 Å². The number of alkyl halides is 3. The van der Waals surface area contributed by atoms with Crippen molar-refractivity contribution >= 4 is 21.8 Å². The summed E-state index contributed by atoms with van der Waals surface area (Å²) in [5.41, 5.74) is 4.79. The van der Waals surface area contributed by atoms with Crippen LogP contribution in [-0.4, -0.2) is 29.9 Å². The normalized spacial score (nSPS) is 19.4. The van der Waals surface area contributed by atoms with Crippen LogP contribution in [0, 0.1) is 0 Å². The highest BCUT2D eigenvalue weighted by atomic mass is 79.9. The maximum Gasteiger partial charge on any atom is 0.416 e. The van der Waals surface area contributed by atoms with Crippen LogP contribution in [-0.2, 0) is 6.18 Å². The second-order valence-electron chi connectivity index (χ2n) is 4.72. The zero-order valence-corrected chi connectivity index (χ0v) is 12.2. The molecule has 2 N–H and O–H groups in total. The van der Waals surface area contributed by atoms with Crippen LogP contribution in [0.1, 0.15) is 28.8 Å². The minimum atomic E-state index is -4.46. The largest absolute Gasteiger partial charge is 0.416 e. The van der Waals surface area contributed by atoms with Crippen molar-refractivity contribution in [3.8, 4) is 0 Å². The van der Waals surface area contributed by atoms with E-state index >= 15 is 0 Å². The molecule has 110 valence electrons. The average molecular weight is 351 g/mol. The molecule has 0 aromatic heterocycles. The molecule has 1 aliphatic rings. The predicted octanol–water partition coefficient (Wildman–Crippen LogP) is 3.03. The van der Waals surface area contributed by atoms with Gasteiger partial charge < -0.3 is 10.6 Å². The van der Waals surface area contributed by atoms with Crippen molar-refractivity contribution in [3.63, 3.8) is 0 Å². The number of amides is 1. The van der Waals surface area contributed by atoms with Gasteiger partial charge >= 0.3 is 6.18 Å². The number of hydrogen-bond donors (Lipinski definition) is 1. The minimum Gasteiger partial charge on any atom is -0.334 e. The SMILES string of the molecule is NCC1CCCN1C(=O)c1cc(C(F)(F)F)ccc1Br. The fraction of sp³-hybridized carbons (Fsp3) is 0.462. The van der Waals surface area contributed by atoms with E-state index in [1.54, 1.807) is 4.90 Å². The number of carbonyl (C=O) groups is 1. The van der Waals surface area contributed by atoms with Gasteiger partial charge in [-0.05, 0) is 47.0 Å². The van der Waals surface area contributed by atoms with Gasteiger partial charge in [0.1, 0.15) is 0 Å². The topological polar surface area (TPSA) is 46.3 Å². The molecule has 2 rings (SSSR count). The molecule has 1 amide bonds. The van der Waals surface area contributed by atoms with Crippen LogP contribution >= 0.6 is 15.9 Å². The Kier molecular flexibility index (Phi) is 4.39. The molecule has 1 unspecified atom stereocenters. The summed E-state index contributed by atoms with van der Waals surface area (Å²) in [6.07, 6.45) is -2.85. The predicted molar refractivity (Wildman–Crippen MR) is 72.3 cm³/mol. The maximum atomic E-state index is 12.7. The summed E-state index contributed by atoms with van der Waals surface area (Å²) in [6, 6.07) is 3.00. The van der Waals surface area contributed by atoms with Crippen molar-refractivity contribution in [1.29, 1.82) is 0 Å². The lowest BCUT2D eigenvalue weighted by Crippen LogP contribution is -2.40. The monoisotopic (exact) mass is 350 g/mol. The highest BCUT2D eigenvalue weighted by Gasteiger charge is 2.34. The molecule has 3 nitrogen and oxygen atoms in total. The van der Waals surface area contributed by atoms with Crippen LogP contribution in [0.4, 0.5) is 13.2 Å². The van der Waals surface area contributed by atoms with Gasteiger partial charge in [-0.25, -0.2) is 0 Å². The quantitative estimate of drug-likeness (QED) is 0.890. The van der Waals surface area contributed by atoms with Gasteiger partial charge in [-0.3, -0.25) is 4.79 Å². The molecule has 1 aromatic carbocycles. The summed E-state index contributed by atoms with van der Waals surface area (Å²) in [7, 11) is 0. The van der Waals surface area contributed by atoms with E-state index in [0.29, 0.717) is 17.6 Å². The molecule has 0 radical (unpaired) electrons. The third kappa shape index (κ3) is 2.98. The lowest BCUT2D eigenvalue weighted by atomic mass is 10.1. The first kappa shape index (κ1) is 15.3. The summed E-state index contributed by atoms with van der Waals surface area (Å²) in [5, 5.41) is 0. The zero-order valence-electron chi connectivity index (χ0n) is 10.6. The van der Waals surface area contributed by atoms with Crippen LogP contribution in [0.2, 0.25) is 0 Å². The number of rotatable bonds is 2. The Morgan fingerprint density at radius 3 is 2.75 bits per heavy atom. The molecular weight excluding hydrogens is 337 g/mol. The van der Waals surface area contributed by atoms with E-state index in [1.807, 2.05) is 0 Å². The smallest absolute Gasteiger partial charge is 0.334 e. The van der Waals surface area contributed by atoms with Crippen LogP contribution in [0.5, 0.6) is 0 Å². The van der Waals surface area contributed by atoms with Crippen LogP contribution in [0.15, 0.2) is 22.7 Å². The van der Waals surface area contributed by atoms with Gasteiger partial charge in [-0.15, -0.1) is 0 Å². The Morgan fingerprint density at radius 2 is 2.15 bits per heavy atom. The molecule has 0 aliphatic carbocycles. The van der Waals surface area contributed by atoms with Gasteiger partial charge in [0.2, 0.25) is 0 Å². The first-order chi connectivity index (χ1) is 9.34. The third-order valence-electron chi connectivity index (χ3n) is 3.43. The molecule has 1 fully saturated rings. The summed E-state index contributed by atoms with van der Waals surface area (Å²) < 4.78 is 38.5. The van der Waals surface area contributed by atoms with E-state index in [-0.39, 0.29) is 11.6 Å². The lowest BCUT2D eigenvalue weighted by molar-refractivity contribution is -0.137. The molecule has 1 aromatic rings. The van der Waals surface area contributed by atoms with E-state index in [2.05, 4.69) is 15.9 Å². The Morgan fingerprint density at radius 1 is 1.45 bits per heavy atom. The van der Waals surface area contributed by atoms with Crippen molar-refractivity contribution in [1.82, 2.24) is 4.90 Å². The molecule has 0 spiro atoms. The number of carbonyl (C=O) groups excluding carboxylic acids is 1. The number of hydrogen-bond acceptors (Lipinski definition) is 2. The van der Waals surface area contributed by atoms with Crippen molar-refractivity contribution in [3.05, 3.63) is 33.8 Å². The molecule has 0 saturated carbocycles. The molecule has 0 bridgehead atoms. The number of nitrogens with zero attached hydrogens (tertiary/aromatic N) is 1. The molecule has 1 atom stereocenters. The first-order valence-corrected chi connectivity index (χ1v) is 7.01.